The molecule has 1 heterocycles. The van der Waals surface area contributed by atoms with Gasteiger partial charge in [0.2, 0.25) is 0 Å². The average molecular weight is 266 g/mol. The van der Waals surface area contributed by atoms with Crippen LogP contribution in [0.1, 0.15) is 56.4 Å². The van der Waals surface area contributed by atoms with Crippen LogP contribution in [-0.4, -0.2) is 9.97 Å². The Morgan fingerprint density at radius 2 is 1.75 bits per heavy atom. The van der Waals surface area contributed by atoms with Crippen molar-refractivity contribution in [2.75, 3.05) is 0 Å². The minimum atomic E-state index is 0.427. The second-order valence-electron chi connectivity index (χ2n) is 6.53. The number of rotatable bonds is 3. The highest BCUT2D eigenvalue weighted by atomic mass is 14.9. The fourth-order valence-electron chi connectivity index (χ4n) is 2.68. The van der Waals surface area contributed by atoms with Crippen LogP contribution in [0.3, 0.4) is 0 Å². The van der Waals surface area contributed by atoms with Crippen LogP contribution in [0.15, 0.2) is 30.5 Å². The lowest BCUT2D eigenvalue weighted by Gasteiger charge is -2.11. The van der Waals surface area contributed by atoms with Gasteiger partial charge in [-0.2, -0.15) is 0 Å². The van der Waals surface area contributed by atoms with Gasteiger partial charge in [-0.1, -0.05) is 45.0 Å². The Morgan fingerprint density at radius 3 is 2.25 bits per heavy atom. The zero-order chi connectivity index (χ0) is 14.3. The highest BCUT2D eigenvalue weighted by Gasteiger charge is 2.38. The summed E-state index contributed by atoms with van der Waals surface area (Å²) in [7, 11) is 0. The summed E-state index contributed by atoms with van der Waals surface area (Å²) < 4.78 is 0. The SMILES string of the molecule is Cc1nc(-c2ccc(C3(C)CC3)cc2)ncc1C(C)C. The van der Waals surface area contributed by atoms with Crippen molar-refractivity contribution in [3.8, 4) is 11.4 Å². The maximum Gasteiger partial charge on any atom is 0.159 e. The van der Waals surface area contributed by atoms with Crippen molar-refractivity contribution in [2.45, 2.75) is 51.9 Å². The highest BCUT2D eigenvalue weighted by Crippen LogP contribution is 2.47. The summed E-state index contributed by atoms with van der Waals surface area (Å²) >= 11 is 0. The first kappa shape index (κ1) is 13.3. The second-order valence-corrected chi connectivity index (χ2v) is 6.53. The smallest absolute Gasteiger partial charge is 0.159 e. The van der Waals surface area contributed by atoms with E-state index < -0.39 is 0 Å². The summed E-state index contributed by atoms with van der Waals surface area (Å²) in [5.74, 6) is 1.31. The molecule has 0 spiro atoms. The van der Waals surface area contributed by atoms with Crippen molar-refractivity contribution >= 4 is 0 Å². The van der Waals surface area contributed by atoms with Gasteiger partial charge in [-0.15, -0.1) is 0 Å². The molecule has 0 bridgehead atoms. The first-order valence-electron chi connectivity index (χ1n) is 7.44. The van der Waals surface area contributed by atoms with E-state index in [1.165, 1.54) is 24.0 Å². The predicted octanol–water partition coefficient (Wildman–Crippen LogP) is 4.63. The van der Waals surface area contributed by atoms with Crippen molar-refractivity contribution in [1.82, 2.24) is 9.97 Å². The van der Waals surface area contributed by atoms with Crippen molar-refractivity contribution in [3.63, 3.8) is 0 Å². The predicted molar refractivity (Wildman–Crippen MR) is 82.9 cm³/mol. The van der Waals surface area contributed by atoms with E-state index in [1.54, 1.807) is 0 Å². The maximum absolute atomic E-state index is 4.66. The van der Waals surface area contributed by atoms with E-state index in [4.69, 9.17) is 0 Å². The molecule has 0 unspecified atom stereocenters. The molecular weight excluding hydrogens is 244 g/mol. The molecule has 104 valence electrons. The number of nitrogens with zero attached hydrogens (tertiary/aromatic N) is 2. The molecule has 1 aromatic heterocycles. The molecule has 1 aliphatic rings. The number of aryl methyl sites for hydroxylation is 1. The summed E-state index contributed by atoms with van der Waals surface area (Å²) in [4.78, 5) is 9.19. The van der Waals surface area contributed by atoms with Gasteiger partial charge >= 0.3 is 0 Å². The molecule has 1 aromatic carbocycles. The molecule has 1 fully saturated rings. The zero-order valence-electron chi connectivity index (χ0n) is 12.8. The molecule has 0 saturated heterocycles. The Hall–Kier alpha value is -1.70. The van der Waals surface area contributed by atoms with Gasteiger partial charge in [-0.05, 0) is 42.2 Å². The van der Waals surface area contributed by atoms with Gasteiger partial charge < -0.3 is 0 Å². The molecule has 20 heavy (non-hydrogen) atoms. The Balaban J connectivity index is 1.91. The van der Waals surface area contributed by atoms with Crippen LogP contribution in [0.4, 0.5) is 0 Å². The van der Waals surface area contributed by atoms with Gasteiger partial charge in [0.1, 0.15) is 0 Å². The second kappa shape index (κ2) is 4.69. The summed E-state index contributed by atoms with van der Waals surface area (Å²) in [5, 5.41) is 0. The van der Waals surface area contributed by atoms with Crippen LogP contribution in [0.5, 0.6) is 0 Å². The normalized spacial score (nSPS) is 16.4. The van der Waals surface area contributed by atoms with Crippen molar-refractivity contribution in [2.24, 2.45) is 0 Å². The third-order valence-electron chi connectivity index (χ3n) is 4.48. The van der Waals surface area contributed by atoms with Gasteiger partial charge in [0, 0.05) is 17.5 Å². The van der Waals surface area contributed by atoms with Crippen LogP contribution < -0.4 is 0 Å². The van der Waals surface area contributed by atoms with Crippen LogP contribution in [0.25, 0.3) is 11.4 Å². The Labute approximate surface area is 121 Å². The van der Waals surface area contributed by atoms with E-state index in [1.807, 2.05) is 6.20 Å². The highest BCUT2D eigenvalue weighted by molar-refractivity contribution is 5.56. The third-order valence-corrected chi connectivity index (χ3v) is 4.48. The quantitative estimate of drug-likeness (QED) is 0.809. The molecular formula is C18H22N2. The molecule has 0 amide bonds. The van der Waals surface area contributed by atoms with Crippen LogP contribution in [0, 0.1) is 6.92 Å². The van der Waals surface area contributed by atoms with E-state index in [2.05, 4.69) is 61.9 Å². The van der Waals surface area contributed by atoms with E-state index in [0.717, 1.165) is 17.1 Å². The molecule has 3 rings (SSSR count). The molecule has 0 radical (unpaired) electrons. The lowest BCUT2D eigenvalue weighted by Crippen LogP contribution is -2.01. The average Bonchev–Trinajstić information content (AvgIpc) is 3.18. The first-order chi connectivity index (χ1) is 9.49. The van der Waals surface area contributed by atoms with Crippen molar-refractivity contribution in [3.05, 3.63) is 47.3 Å². The first-order valence-corrected chi connectivity index (χ1v) is 7.44. The number of benzene rings is 1. The van der Waals surface area contributed by atoms with E-state index in [-0.39, 0.29) is 0 Å². The van der Waals surface area contributed by atoms with Gasteiger partial charge in [0.15, 0.2) is 5.82 Å². The minimum Gasteiger partial charge on any atom is -0.236 e. The molecule has 2 nitrogen and oxygen atoms in total. The van der Waals surface area contributed by atoms with Gasteiger partial charge in [0.05, 0.1) is 0 Å². The molecule has 2 aromatic rings. The summed E-state index contributed by atoms with van der Waals surface area (Å²) in [6.45, 7) is 8.76. The third kappa shape index (κ3) is 2.35. The Morgan fingerprint density at radius 1 is 1.10 bits per heavy atom. The van der Waals surface area contributed by atoms with Crippen molar-refractivity contribution in [1.29, 1.82) is 0 Å². The Bertz CT molecular complexity index is 622. The van der Waals surface area contributed by atoms with Crippen LogP contribution >= 0.6 is 0 Å². The molecule has 2 heteroatoms. The summed E-state index contributed by atoms with van der Waals surface area (Å²) in [6, 6.07) is 8.78. The molecule has 1 aliphatic carbocycles. The minimum absolute atomic E-state index is 0.427. The number of hydrogen-bond acceptors (Lipinski definition) is 2. The van der Waals surface area contributed by atoms with E-state index in [9.17, 15) is 0 Å². The molecule has 0 atom stereocenters. The van der Waals surface area contributed by atoms with Crippen LogP contribution in [0.2, 0.25) is 0 Å². The van der Waals surface area contributed by atoms with Gasteiger partial charge in [-0.25, -0.2) is 9.97 Å². The number of aromatic nitrogens is 2. The fourth-order valence-corrected chi connectivity index (χ4v) is 2.68. The topological polar surface area (TPSA) is 25.8 Å². The Kier molecular flexibility index (Phi) is 3.12. The summed E-state index contributed by atoms with van der Waals surface area (Å²) in [5.41, 5.74) is 5.30. The van der Waals surface area contributed by atoms with E-state index >= 15 is 0 Å². The maximum atomic E-state index is 4.66. The van der Waals surface area contributed by atoms with Gasteiger partial charge in [-0.3, -0.25) is 0 Å². The molecule has 0 aliphatic heterocycles. The zero-order valence-corrected chi connectivity index (χ0v) is 12.8. The number of hydrogen-bond donors (Lipinski definition) is 0. The van der Waals surface area contributed by atoms with Gasteiger partial charge in [0.25, 0.3) is 0 Å². The molecule has 0 N–H and O–H groups in total. The standard InChI is InChI=1S/C18H22N2/c1-12(2)16-11-19-17(20-13(16)3)14-5-7-15(8-6-14)18(4)9-10-18/h5-8,11-12H,9-10H2,1-4H3. The van der Waals surface area contributed by atoms with E-state index in [0.29, 0.717) is 11.3 Å². The lowest BCUT2D eigenvalue weighted by atomic mass is 9.97. The summed E-state index contributed by atoms with van der Waals surface area (Å²) in [6.07, 6.45) is 4.59. The largest absolute Gasteiger partial charge is 0.236 e. The lowest BCUT2D eigenvalue weighted by molar-refractivity contribution is 0.788. The molecule has 1 saturated carbocycles. The fraction of sp³-hybridized carbons (Fsp3) is 0.444. The van der Waals surface area contributed by atoms with Crippen molar-refractivity contribution < 1.29 is 0 Å². The van der Waals surface area contributed by atoms with Crippen LogP contribution in [-0.2, 0) is 5.41 Å². The monoisotopic (exact) mass is 266 g/mol.